The van der Waals surface area contributed by atoms with Gasteiger partial charge in [0.25, 0.3) is 11.5 Å². The van der Waals surface area contributed by atoms with Gasteiger partial charge < -0.3 is 24.6 Å². The van der Waals surface area contributed by atoms with Gasteiger partial charge in [0.1, 0.15) is 17.0 Å². The lowest BCUT2D eigenvalue weighted by Gasteiger charge is -2.33. The largest absolute Gasteiger partial charge is 0.457 e. The summed E-state index contributed by atoms with van der Waals surface area (Å²) >= 11 is 0. The molecule has 8 nitrogen and oxygen atoms in total. The Morgan fingerprint density at radius 2 is 1.63 bits per heavy atom. The van der Waals surface area contributed by atoms with Gasteiger partial charge in [-0.15, -0.1) is 0 Å². The first-order valence-electron chi connectivity index (χ1n) is 14.4. The topological polar surface area (TPSA) is 97.3 Å². The summed E-state index contributed by atoms with van der Waals surface area (Å²) in [7, 11) is 0. The predicted octanol–water partition coefficient (Wildman–Crippen LogP) is 6.87. The van der Waals surface area contributed by atoms with Gasteiger partial charge in [0.05, 0.1) is 0 Å². The summed E-state index contributed by atoms with van der Waals surface area (Å²) < 4.78 is 97.4. The number of fused-ring (bicyclic) bond motifs is 1. The number of amides is 3. The van der Waals surface area contributed by atoms with Crippen LogP contribution in [0.1, 0.15) is 48.9 Å². The van der Waals surface area contributed by atoms with Crippen molar-refractivity contribution in [3.05, 3.63) is 82.9 Å². The van der Waals surface area contributed by atoms with Crippen molar-refractivity contribution >= 4 is 11.9 Å². The highest BCUT2D eigenvalue weighted by Gasteiger charge is 2.71. The summed E-state index contributed by atoms with van der Waals surface area (Å²) in [5, 5.41) is 12.7. The maximum absolute atomic E-state index is 13.6. The third-order valence-electron chi connectivity index (χ3n) is 8.14. The van der Waals surface area contributed by atoms with Crippen molar-refractivity contribution < 1.29 is 55.2 Å². The van der Waals surface area contributed by atoms with E-state index in [0.717, 1.165) is 11.0 Å². The summed E-state index contributed by atoms with van der Waals surface area (Å²) in [6.45, 7) is 3.53. The number of hydrogen-bond donors (Lipinski definition) is 2. The molecule has 2 aliphatic heterocycles. The minimum absolute atomic E-state index is 0.0139. The molecule has 2 heterocycles. The summed E-state index contributed by atoms with van der Waals surface area (Å²) in [5.74, 6) is 0.807. The summed E-state index contributed by atoms with van der Waals surface area (Å²) in [6.07, 6.45) is -11.1. The first kappa shape index (κ1) is 32.9. The van der Waals surface area contributed by atoms with Crippen molar-refractivity contribution in [3.63, 3.8) is 0 Å². The van der Waals surface area contributed by atoms with Gasteiger partial charge in [-0.2, -0.15) is 26.3 Å². The second kappa shape index (κ2) is 12.0. The SMILES string of the molecule is CCCc1cc(C(O)(C(F)(F)F)C(F)(F)F)ccc1Oc1cccc(CCN2C(=O)NC(CC)(c3ccc4c(c3)OCO4)C2=O)c1. The van der Waals surface area contributed by atoms with Crippen molar-refractivity contribution in [1.82, 2.24) is 10.2 Å². The molecule has 0 aliphatic carbocycles. The lowest BCUT2D eigenvalue weighted by atomic mass is 9.87. The van der Waals surface area contributed by atoms with Crippen LogP contribution < -0.4 is 19.5 Å². The van der Waals surface area contributed by atoms with Crippen LogP contribution in [0.4, 0.5) is 31.1 Å². The Kier molecular flexibility index (Phi) is 8.62. The molecule has 0 spiro atoms. The zero-order chi connectivity index (χ0) is 33.5. The smallest absolute Gasteiger partial charge is 0.430 e. The molecule has 46 heavy (non-hydrogen) atoms. The fraction of sp³-hybridized carbons (Fsp3) is 0.375. The second-order valence-corrected chi connectivity index (χ2v) is 11.0. The highest BCUT2D eigenvalue weighted by molar-refractivity contribution is 6.07. The number of ether oxygens (including phenoxy) is 3. The number of aliphatic hydroxyl groups is 1. The lowest BCUT2D eigenvalue weighted by Crippen LogP contribution is -2.53. The molecule has 1 unspecified atom stereocenters. The minimum Gasteiger partial charge on any atom is -0.457 e. The molecule has 3 aromatic carbocycles. The molecule has 0 bridgehead atoms. The summed E-state index contributed by atoms with van der Waals surface area (Å²) in [6, 6.07) is 13.1. The van der Waals surface area contributed by atoms with Gasteiger partial charge in [0, 0.05) is 12.1 Å². The van der Waals surface area contributed by atoms with Gasteiger partial charge >= 0.3 is 18.4 Å². The van der Waals surface area contributed by atoms with E-state index in [2.05, 4.69) is 5.32 Å². The number of imide groups is 1. The van der Waals surface area contributed by atoms with Gasteiger partial charge in [-0.05, 0) is 72.4 Å². The molecule has 3 aromatic rings. The van der Waals surface area contributed by atoms with Gasteiger partial charge in [-0.25, -0.2) is 4.79 Å². The molecule has 2 aliphatic rings. The number of alkyl halides is 6. The molecule has 14 heteroatoms. The first-order valence-corrected chi connectivity index (χ1v) is 14.4. The molecule has 5 rings (SSSR count). The number of benzene rings is 3. The first-order chi connectivity index (χ1) is 21.6. The number of urea groups is 1. The number of hydrogen-bond acceptors (Lipinski definition) is 6. The second-order valence-electron chi connectivity index (χ2n) is 11.0. The van der Waals surface area contributed by atoms with Crippen LogP contribution in [-0.2, 0) is 28.8 Å². The van der Waals surface area contributed by atoms with Crippen LogP contribution in [0, 0.1) is 0 Å². The fourth-order valence-electron chi connectivity index (χ4n) is 5.62. The Balaban J connectivity index is 1.33. The monoisotopic (exact) mass is 652 g/mol. The molecule has 246 valence electrons. The van der Waals surface area contributed by atoms with E-state index in [4.69, 9.17) is 14.2 Å². The Morgan fingerprint density at radius 3 is 2.30 bits per heavy atom. The van der Waals surface area contributed by atoms with E-state index >= 15 is 0 Å². The van der Waals surface area contributed by atoms with E-state index in [1.165, 1.54) is 0 Å². The Morgan fingerprint density at radius 1 is 0.913 bits per heavy atom. The predicted molar refractivity (Wildman–Crippen MR) is 151 cm³/mol. The average Bonchev–Trinajstić information content (AvgIpc) is 3.57. The Bertz CT molecular complexity index is 1630. The average molecular weight is 653 g/mol. The molecule has 0 saturated carbocycles. The van der Waals surface area contributed by atoms with Crippen LogP contribution in [0.2, 0.25) is 0 Å². The molecule has 3 amide bonds. The van der Waals surface area contributed by atoms with Crippen LogP contribution >= 0.6 is 0 Å². The van der Waals surface area contributed by atoms with Crippen molar-refractivity contribution in [2.45, 2.75) is 63.0 Å². The third kappa shape index (κ3) is 5.70. The molecule has 0 radical (unpaired) electrons. The lowest BCUT2D eigenvalue weighted by molar-refractivity contribution is -0.376. The van der Waals surface area contributed by atoms with Gasteiger partial charge in [0.15, 0.2) is 11.5 Å². The van der Waals surface area contributed by atoms with Crippen molar-refractivity contribution in [2.75, 3.05) is 13.3 Å². The van der Waals surface area contributed by atoms with Gasteiger partial charge in [-0.3, -0.25) is 9.69 Å². The number of aryl methyl sites for hydroxylation is 1. The van der Waals surface area contributed by atoms with Crippen molar-refractivity contribution in [1.29, 1.82) is 0 Å². The summed E-state index contributed by atoms with van der Waals surface area (Å²) in [4.78, 5) is 27.7. The minimum atomic E-state index is -6.01. The van der Waals surface area contributed by atoms with E-state index in [1.807, 2.05) is 0 Å². The Hall–Kier alpha value is -4.46. The molecule has 1 atom stereocenters. The fourth-order valence-corrected chi connectivity index (χ4v) is 5.62. The molecular formula is C32H30F6N2O6. The van der Waals surface area contributed by atoms with E-state index in [-0.39, 0.29) is 49.7 Å². The van der Waals surface area contributed by atoms with E-state index in [9.17, 15) is 41.0 Å². The standard InChI is InChI=1S/C32H30F6N2O6/c1-3-6-20-16-22(30(43,31(33,34)35)32(36,37)38)10-11-24(20)46-23-8-5-7-19(15-23)13-14-40-27(41)29(4-2,39-28(40)42)21-9-12-25-26(17-21)45-18-44-25/h5,7-12,15-17,43H,3-4,6,13-14,18H2,1-2H3,(H,39,42). The maximum Gasteiger partial charge on any atom is 0.430 e. The number of carbonyl (C=O) groups is 2. The molecule has 2 N–H and O–H groups in total. The molecule has 1 saturated heterocycles. The Labute approximate surface area is 259 Å². The highest BCUT2D eigenvalue weighted by atomic mass is 19.4. The van der Waals surface area contributed by atoms with Crippen LogP contribution in [0.5, 0.6) is 23.0 Å². The van der Waals surface area contributed by atoms with E-state index in [1.54, 1.807) is 56.3 Å². The summed E-state index contributed by atoms with van der Waals surface area (Å²) in [5.41, 5.74) is -6.49. The van der Waals surface area contributed by atoms with Crippen LogP contribution in [0.3, 0.4) is 0 Å². The zero-order valence-electron chi connectivity index (χ0n) is 24.7. The number of carbonyl (C=O) groups excluding carboxylic acids is 2. The highest BCUT2D eigenvalue weighted by Crippen LogP contribution is 2.51. The number of halogens is 6. The van der Waals surface area contributed by atoms with Crippen molar-refractivity contribution in [3.8, 4) is 23.0 Å². The maximum atomic E-state index is 13.6. The third-order valence-corrected chi connectivity index (χ3v) is 8.14. The van der Waals surface area contributed by atoms with Crippen LogP contribution in [-0.4, -0.2) is 47.6 Å². The zero-order valence-corrected chi connectivity index (χ0v) is 24.7. The number of rotatable bonds is 10. The molecular weight excluding hydrogens is 622 g/mol. The van der Waals surface area contributed by atoms with Crippen LogP contribution in [0.25, 0.3) is 0 Å². The van der Waals surface area contributed by atoms with E-state index < -0.39 is 41.0 Å². The quantitative estimate of drug-likeness (QED) is 0.183. The van der Waals surface area contributed by atoms with E-state index in [0.29, 0.717) is 41.2 Å². The molecule has 0 aromatic heterocycles. The van der Waals surface area contributed by atoms with Crippen molar-refractivity contribution in [2.24, 2.45) is 0 Å². The molecule has 1 fully saturated rings. The van der Waals surface area contributed by atoms with Gasteiger partial charge in [0.2, 0.25) is 6.79 Å². The van der Waals surface area contributed by atoms with Crippen LogP contribution in [0.15, 0.2) is 60.7 Å². The number of nitrogens with zero attached hydrogens (tertiary/aromatic N) is 1. The normalized spacial score (nSPS) is 18.2. The van der Waals surface area contributed by atoms with Gasteiger partial charge in [-0.1, -0.05) is 44.5 Å². The number of nitrogens with one attached hydrogen (secondary N) is 1.